The molecule has 2 aliphatic carbocycles. The van der Waals surface area contributed by atoms with Crippen molar-refractivity contribution in [1.82, 2.24) is 10.2 Å². The summed E-state index contributed by atoms with van der Waals surface area (Å²) in [7, 11) is 1.83. The van der Waals surface area contributed by atoms with E-state index in [4.69, 9.17) is 4.74 Å². The predicted molar refractivity (Wildman–Crippen MR) is 97.7 cm³/mol. The van der Waals surface area contributed by atoms with Crippen LogP contribution in [-0.4, -0.2) is 47.9 Å². The molecule has 0 bridgehead atoms. The number of nitrogens with zero attached hydrogens (tertiary/aromatic N) is 1. The topological polar surface area (TPSA) is 61.8 Å². The average molecular weight is 346 g/mol. The molecule has 0 unspecified atom stereocenters. The fraction of sp³-hybridized carbons (Fsp3) is 0.650. The van der Waals surface area contributed by atoms with E-state index in [1.807, 2.05) is 25.2 Å². The maximum Gasteiger partial charge on any atom is 0.317 e. The maximum absolute atomic E-state index is 12.5. The number of hydrogen-bond acceptors (Lipinski definition) is 3. The van der Waals surface area contributed by atoms with Crippen LogP contribution in [0.25, 0.3) is 0 Å². The number of urea groups is 1. The van der Waals surface area contributed by atoms with Gasteiger partial charge in [-0.25, -0.2) is 4.79 Å². The van der Waals surface area contributed by atoms with Crippen molar-refractivity contribution in [3.63, 3.8) is 0 Å². The Balaban J connectivity index is 1.54. The zero-order chi connectivity index (χ0) is 17.8. The molecule has 0 radical (unpaired) electrons. The van der Waals surface area contributed by atoms with Crippen LogP contribution < -0.4 is 10.1 Å². The van der Waals surface area contributed by atoms with E-state index < -0.39 is 0 Å². The standard InChI is InChI=1S/C20H30N2O3/c1-14-6-5-7-17(10-14)25-19-9-4-3-8-18(19)21-20(24)22(2)13-15-11-16(23)12-15/h5-7,10,15-16,18-19,23H,3-4,8-9,11-13H2,1-2H3,(H,21,24)/t15?,16?,18-,19+/m0/s1. The fourth-order valence-electron chi connectivity index (χ4n) is 3.86. The van der Waals surface area contributed by atoms with Gasteiger partial charge in [0.05, 0.1) is 12.1 Å². The molecule has 0 aliphatic heterocycles. The lowest BCUT2D eigenvalue weighted by Gasteiger charge is -2.36. The Hall–Kier alpha value is -1.75. The molecule has 0 spiro atoms. The summed E-state index contributed by atoms with van der Waals surface area (Å²) in [4.78, 5) is 14.3. The Kier molecular flexibility index (Phi) is 5.84. The van der Waals surface area contributed by atoms with Gasteiger partial charge >= 0.3 is 6.03 Å². The first-order valence-corrected chi connectivity index (χ1v) is 9.44. The van der Waals surface area contributed by atoms with Crippen molar-refractivity contribution in [3.8, 4) is 5.75 Å². The first-order valence-electron chi connectivity index (χ1n) is 9.44. The molecule has 5 heteroatoms. The van der Waals surface area contributed by atoms with Crippen LogP contribution in [0.3, 0.4) is 0 Å². The van der Waals surface area contributed by atoms with Gasteiger partial charge in [0.15, 0.2) is 0 Å². The van der Waals surface area contributed by atoms with Gasteiger partial charge < -0.3 is 20.1 Å². The highest BCUT2D eigenvalue weighted by atomic mass is 16.5. The summed E-state index contributed by atoms with van der Waals surface area (Å²) in [5.74, 6) is 1.31. The smallest absolute Gasteiger partial charge is 0.317 e. The number of aliphatic hydroxyl groups excluding tert-OH is 1. The molecule has 3 rings (SSSR count). The quantitative estimate of drug-likeness (QED) is 0.861. The Morgan fingerprint density at radius 3 is 2.80 bits per heavy atom. The Morgan fingerprint density at radius 1 is 1.32 bits per heavy atom. The highest BCUT2D eigenvalue weighted by Gasteiger charge is 2.32. The van der Waals surface area contributed by atoms with E-state index in [0.29, 0.717) is 12.5 Å². The second-order valence-electron chi connectivity index (χ2n) is 7.69. The Bertz CT molecular complexity index is 586. The highest BCUT2D eigenvalue weighted by molar-refractivity contribution is 5.74. The first kappa shape index (κ1) is 18.1. The van der Waals surface area contributed by atoms with Gasteiger partial charge in [0, 0.05) is 13.6 Å². The summed E-state index contributed by atoms with van der Waals surface area (Å²) >= 11 is 0. The summed E-state index contributed by atoms with van der Waals surface area (Å²) < 4.78 is 6.19. The number of amides is 2. The van der Waals surface area contributed by atoms with Gasteiger partial charge in [-0.1, -0.05) is 18.6 Å². The van der Waals surface area contributed by atoms with E-state index in [0.717, 1.165) is 44.3 Å². The van der Waals surface area contributed by atoms with Gasteiger partial charge in [-0.05, 0) is 62.6 Å². The second-order valence-corrected chi connectivity index (χ2v) is 7.69. The third kappa shape index (κ3) is 4.88. The van der Waals surface area contributed by atoms with Gasteiger partial charge in [0.1, 0.15) is 11.9 Å². The highest BCUT2D eigenvalue weighted by Crippen LogP contribution is 2.28. The van der Waals surface area contributed by atoms with Crippen LogP contribution in [0.5, 0.6) is 5.75 Å². The minimum atomic E-state index is -0.174. The molecule has 2 fully saturated rings. The number of hydrogen-bond donors (Lipinski definition) is 2. The molecule has 2 atom stereocenters. The molecule has 2 saturated carbocycles. The van der Waals surface area contributed by atoms with Crippen LogP contribution in [0.2, 0.25) is 0 Å². The lowest BCUT2D eigenvalue weighted by molar-refractivity contribution is 0.0317. The van der Waals surface area contributed by atoms with E-state index in [9.17, 15) is 9.90 Å². The summed E-state index contributed by atoms with van der Waals surface area (Å²) in [5, 5.41) is 12.6. The number of aryl methyl sites for hydroxylation is 1. The molecule has 2 amide bonds. The zero-order valence-corrected chi connectivity index (χ0v) is 15.3. The van der Waals surface area contributed by atoms with Gasteiger partial charge in [-0.3, -0.25) is 0 Å². The number of aliphatic hydroxyl groups is 1. The number of rotatable bonds is 5. The second kappa shape index (κ2) is 8.09. The minimum absolute atomic E-state index is 0.0263. The van der Waals surface area contributed by atoms with Gasteiger partial charge in [0.2, 0.25) is 0 Å². The summed E-state index contributed by atoms with van der Waals surface area (Å²) in [5.41, 5.74) is 1.18. The molecule has 2 N–H and O–H groups in total. The average Bonchev–Trinajstić information content (AvgIpc) is 2.55. The lowest BCUT2D eigenvalue weighted by Crippen LogP contribution is -2.52. The molecular formula is C20H30N2O3. The van der Waals surface area contributed by atoms with Gasteiger partial charge in [-0.2, -0.15) is 0 Å². The third-order valence-corrected chi connectivity index (χ3v) is 5.38. The first-order chi connectivity index (χ1) is 12.0. The number of nitrogens with one attached hydrogen (secondary N) is 1. The molecule has 1 aromatic carbocycles. The predicted octanol–water partition coefficient (Wildman–Crippen LogP) is 3.10. The zero-order valence-electron chi connectivity index (χ0n) is 15.3. The lowest BCUT2D eigenvalue weighted by atomic mass is 9.82. The van der Waals surface area contributed by atoms with Gasteiger partial charge in [-0.15, -0.1) is 0 Å². The van der Waals surface area contributed by atoms with Crippen molar-refractivity contribution < 1.29 is 14.6 Å². The Morgan fingerprint density at radius 2 is 2.08 bits per heavy atom. The van der Waals surface area contributed by atoms with Crippen molar-refractivity contribution in [2.45, 2.75) is 63.7 Å². The monoisotopic (exact) mass is 346 g/mol. The summed E-state index contributed by atoms with van der Waals surface area (Å²) in [6, 6.07) is 8.10. The maximum atomic E-state index is 12.5. The van der Waals surface area contributed by atoms with Crippen molar-refractivity contribution in [3.05, 3.63) is 29.8 Å². The van der Waals surface area contributed by atoms with Crippen LogP contribution >= 0.6 is 0 Å². The normalized spacial score (nSPS) is 28.8. The van der Waals surface area contributed by atoms with E-state index in [-0.39, 0.29) is 24.3 Å². The molecule has 2 aliphatic rings. The summed E-state index contributed by atoms with van der Waals surface area (Å²) in [6.45, 7) is 2.76. The SMILES string of the molecule is Cc1cccc(O[C@@H]2CCCC[C@@H]2NC(=O)N(C)CC2CC(O)C2)c1. The van der Waals surface area contributed by atoms with E-state index in [1.165, 1.54) is 5.56 Å². The van der Waals surface area contributed by atoms with Crippen molar-refractivity contribution in [2.75, 3.05) is 13.6 Å². The van der Waals surface area contributed by atoms with E-state index in [1.54, 1.807) is 4.90 Å². The third-order valence-electron chi connectivity index (χ3n) is 5.38. The van der Waals surface area contributed by atoms with Crippen molar-refractivity contribution in [1.29, 1.82) is 0 Å². The molecule has 0 saturated heterocycles. The number of benzene rings is 1. The van der Waals surface area contributed by atoms with E-state index in [2.05, 4.69) is 18.3 Å². The number of carbonyl (C=O) groups is 1. The van der Waals surface area contributed by atoms with Crippen LogP contribution in [0.15, 0.2) is 24.3 Å². The minimum Gasteiger partial charge on any atom is -0.488 e. The van der Waals surface area contributed by atoms with Crippen LogP contribution in [0.1, 0.15) is 44.1 Å². The fourth-order valence-corrected chi connectivity index (χ4v) is 3.86. The van der Waals surface area contributed by atoms with Crippen LogP contribution in [0.4, 0.5) is 4.79 Å². The molecule has 0 heterocycles. The largest absolute Gasteiger partial charge is 0.488 e. The summed E-state index contributed by atoms with van der Waals surface area (Å²) in [6.07, 6.45) is 5.65. The van der Waals surface area contributed by atoms with Crippen molar-refractivity contribution in [2.24, 2.45) is 5.92 Å². The molecular weight excluding hydrogens is 316 g/mol. The van der Waals surface area contributed by atoms with Crippen LogP contribution in [-0.2, 0) is 0 Å². The molecule has 1 aromatic rings. The number of ether oxygens (including phenoxy) is 1. The molecule has 25 heavy (non-hydrogen) atoms. The molecule has 5 nitrogen and oxygen atoms in total. The van der Waals surface area contributed by atoms with Gasteiger partial charge in [0.25, 0.3) is 0 Å². The Labute approximate surface area is 150 Å². The van der Waals surface area contributed by atoms with E-state index >= 15 is 0 Å². The van der Waals surface area contributed by atoms with Crippen molar-refractivity contribution >= 4 is 6.03 Å². The molecule has 138 valence electrons. The number of carbonyl (C=O) groups excluding carboxylic acids is 1. The molecule has 0 aromatic heterocycles. The van der Waals surface area contributed by atoms with Crippen LogP contribution in [0, 0.1) is 12.8 Å².